The maximum absolute atomic E-state index is 12.5. The number of benzene rings is 3. The molecule has 1 aromatic heterocycles. The maximum Gasteiger partial charge on any atom is 0.355 e. The lowest BCUT2D eigenvalue weighted by Gasteiger charge is -2.05. The fraction of sp³-hybridized carbons (Fsp3) is 0.0400. The number of nitrogens with zero attached hydrogens (tertiary/aromatic N) is 1. The summed E-state index contributed by atoms with van der Waals surface area (Å²) in [4.78, 5) is 36.8. The van der Waals surface area contributed by atoms with E-state index in [1.165, 1.54) is 17.6 Å². The largest absolute Gasteiger partial charge is 0.422 e. The molecule has 4 aromatic rings. The van der Waals surface area contributed by atoms with Crippen molar-refractivity contribution in [3.8, 4) is 5.75 Å². The first kappa shape index (κ1) is 24.4. The maximum atomic E-state index is 12.5. The number of thiophene rings is 1. The van der Waals surface area contributed by atoms with Gasteiger partial charge in [0.05, 0.1) is 17.8 Å². The third-order valence-corrected chi connectivity index (χ3v) is 6.64. The van der Waals surface area contributed by atoms with Gasteiger partial charge in [0, 0.05) is 20.7 Å². The van der Waals surface area contributed by atoms with Gasteiger partial charge in [-0.2, -0.15) is 5.10 Å². The van der Waals surface area contributed by atoms with Crippen LogP contribution in [0, 0.1) is 0 Å². The Morgan fingerprint density at radius 2 is 1.66 bits per heavy atom. The number of amides is 2. The summed E-state index contributed by atoms with van der Waals surface area (Å²) in [7, 11) is 0. The van der Waals surface area contributed by atoms with E-state index in [0.29, 0.717) is 31.8 Å². The number of hydrazone groups is 1. The molecular formula is C25H17Cl2N3O4S. The van der Waals surface area contributed by atoms with Gasteiger partial charge in [0.1, 0.15) is 10.6 Å². The Kier molecular flexibility index (Phi) is 7.77. The molecule has 3 aromatic carbocycles. The number of esters is 1. The summed E-state index contributed by atoms with van der Waals surface area (Å²) < 4.78 is 6.34. The van der Waals surface area contributed by atoms with Gasteiger partial charge in [-0.3, -0.25) is 9.59 Å². The van der Waals surface area contributed by atoms with Crippen molar-refractivity contribution in [1.82, 2.24) is 10.7 Å². The van der Waals surface area contributed by atoms with Gasteiger partial charge < -0.3 is 10.1 Å². The first-order valence-corrected chi connectivity index (χ1v) is 11.8. The highest BCUT2D eigenvalue weighted by Crippen LogP contribution is 2.35. The van der Waals surface area contributed by atoms with E-state index in [1.54, 1.807) is 48.5 Å². The molecule has 2 N–H and O–H groups in total. The molecule has 0 bridgehead atoms. The molecule has 0 atom stereocenters. The standard InChI is InChI=1S/C25H17Cl2N3O4S/c26-17-9-7-16(8-10-17)24(32)28-14-21(31)30-29-13-15-5-11-18(12-6-15)34-25(33)23-22(27)19-3-1-2-4-20(19)35-23/h1-13H,14H2,(H,28,32)(H,30,31)/b29-13-. The Balaban J connectivity index is 1.26. The van der Waals surface area contributed by atoms with E-state index in [4.69, 9.17) is 27.9 Å². The summed E-state index contributed by atoms with van der Waals surface area (Å²) in [5, 5.41) is 8.05. The number of hydrogen-bond donors (Lipinski definition) is 2. The van der Waals surface area contributed by atoms with Crippen LogP contribution in [0.4, 0.5) is 0 Å². The molecule has 7 nitrogen and oxygen atoms in total. The average molecular weight is 526 g/mol. The van der Waals surface area contributed by atoms with Gasteiger partial charge in [-0.15, -0.1) is 11.3 Å². The number of halogens is 2. The molecule has 10 heteroatoms. The zero-order valence-corrected chi connectivity index (χ0v) is 20.3. The summed E-state index contributed by atoms with van der Waals surface area (Å²) in [6, 6.07) is 20.3. The fourth-order valence-corrected chi connectivity index (χ4v) is 4.51. The third kappa shape index (κ3) is 6.24. The van der Waals surface area contributed by atoms with Gasteiger partial charge in [-0.1, -0.05) is 41.4 Å². The second-order valence-corrected chi connectivity index (χ2v) is 9.05. The quantitative estimate of drug-likeness (QED) is 0.148. The van der Waals surface area contributed by atoms with Crippen molar-refractivity contribution in [2.75, 3.05) is 6.54 Å². The van der Waals surface area contributed by atoms with Crippen LogP contribution in [0.25, 0.3) is 10.1 Å². The molecule has 0 aliphatic rings. The van der Waals surface area contributed by atoms with Crippen LogP contribution in [0.3, 0.4) is 0 Å². The number of carbonyl (C=O) groups excluding carboxylic acids is 3. The van der Waals surface area contributed by atoms with Crippen LogP contribution in [0.15, 0.2) is 77.9 Å². The van der Waals surface area contributed by atoms with Crippen molar-refractivity contribution in [2.45, 2.75) is 0 Å². The lowest BCUT2D eigenvalue weighted by atomic mass is 10.2. The van der Waals surface area contributed by atoms with Crippen LogP contribution < -0.4 is 15.5 Å². The van der Waals surface area contributed by atoms with Crippen molar-refractivity contribution < 1.29 is 19.1 Å². The number of carbonyl (C=O) groups is 3. The fourth-order valence-electron chi connectivity index (χ4n) is 3.00. The molecule has 0 spiro atoms. The van der Waals surface area contributed by atoms with Crippen LogP contribution in [-0.4, -0.2) is 30.5 Å². The minimum atomic E-state index is -0.537. The molecule has 35 heavy (non-hydrogen) atoms. The van der Waals surface area contributed by atoms with Gasteiger partial charge >= 0.3 is 5.97 Å². The van der Waals surface area contributed by atoms with Gasteiger partial charge in [0.25, 0.3) is 11.8 Å². The molecule has 0 fully saturated rings. The highest BCUT2D eigenvalue weighted by atomic mass is 35.5. The van der Waals surface area contributed by atoms with Gasteiger partial charge in [-0.05, 0) is 60.2 Å². The van der Waals surface area contributed by atoms with E-state index in [2.05, 4.69) is 15.8 Å². The molecule has 1 heterocycles. The third-order valence-electron chi connectivity index (χ3n) is 4.73. The molecule has 2 amide bonds. The van der Waals surface area contributed by atoms with Crippen LogP contribution in [0.1, 0.15) is 25.6 Å². The Labute approximate surface area is 214 Å². The van der Waals surface area contributed by atoms with E-state index in [-0.39, 0.29) is 6.54 Å². The summed E-state index contributed by atoms with van der Waals surface area (Å²) in [5.74, 6) is -1.09. The molecule has 176 valence electrons. The second kappa shape index (κ2) is 11.1. The predicted molar refractivity (Wildman–Crippen MR) is 138 cm³/mol. The Morgan fingerprint density at radius 1 is 0.943 bits per heavy atom. The van der Waals surface area contributed by atoms with Crippen molar-refractivity contribution in [3.63, 3.8) is 0 Å². The van der Waals surface area contributed by atoms with Crippen LogP contribution in [0.2, 0.25) is 10.0 Å². The van der Waals surface area contributed by atoms with Crippen LogP contribution in [0.5, 0.6) is 5.75 Å². The molecule has 0 saturated heterocycles. The minimum Gasteiger partial charge on any atom is -0.422 e. The normalized spacial score (nSPS) is 10.9. The molecule has 4 rings (SSSR count). The first-order chi connectivity index (χ1) is 16.9. The van der Waals surface area contributed by atoms with Crippen LogP contribution >= 0.6 is 34.5 Å². The van der Waals surface area contributed by atoms with E-state index in [1.807, 2.05) is 24.3 Å². The second-order valence-electron chi connectivity index (χ2n) is 7.18. The number of hydrogen-bond acceptors (Lipinski definition) is 6. The average Bonchev–Trinajstić information content (AvgIpc) is 3.21. The number of nitrogens with one attached hydrogen (secondary N) is 2. The predicted octanol–water partition coefficient (Wildman–Crippen LogP) is 5.31. The number of fused-ring (bicyclic) bond motifs is 1. The SMILES string of the molecule is O=C(CNC(=O)c1ccc(Cl)cc1)N/N=C\c1ccc(OC(=O)c2sc3ccccc3c2Cl)cc1. The van der Waals surface area contributed by atoms with Gasteiger partial charge in [-0.25, -0.2) is 10.2 Å². The molecule has 0 aliphatic carbocycles. The topological polar surface area (TPSA) is 96.9 Å². The molecular weight excluding hydrogens is 509 g/mol. The summed E-state index contributed by atoms with van der Waals surface area (Å²) in [6.07, 6.45) is 1.42. The highest BCUT2D eigenvalue weighted by Gasteiger charge is 2.18. The van der Waals surface area contributed by atoms with E-state index < -0.39 is 17.8 Å². The molecule has 0 unspecified atom stereocenters. The van der Waals surface area contributed by atoms with E-state index in [0.717, 1.165) is 10.1 Å². The van der Waals surface area contributed by atoms with Gasteiger partial charge in [0.2, 0.25) is 0 Å². The lowest BCUT2D eigenvalue weighted by Crippen LogP contribution is -2.34. The highest BCUT2D eigenvalue weighted by molar-refractivity contribution is 7.21. The smallest absolute Gasteiger partial charge is 0.355 e. The molecule has 0 radical (unpaired) electrons. The van der Waals surface area contributed by atoms with E-state index >= 15 is 0 Å². The molecule has 0 saturated carbocycles. The van der Waals surface area contributed by atoms with Crippen LogP contribution in [-0.2, 0) is 4.79 Å². The van der Waals surface area contributed by atoms with Crippen molar-refractivity contribution in [1.29, 1.82) is 0 Å². The zero-order valence-electron chi connectivity index (χ0n) is 18.0. The molecule has 0 aliphatic heterocycles. The van der Waals surface area contributed by atoms with Crippen molar-refractivity contribution in [3.05, 3.63) is 98.8 Å². The monoisotopic (exact) mass is 525 g/mol. The number of rotatable bonds is 7. The Hall–Kier alpha value is -3.72. The Morgan fingerprint density at radius 3 is 2.37 bits per heavy atom. The minimum absolute atomic E-state index is 0.242. The number of ether oxygens (including phenoxy) is 1. The van der Waals surface area contributed by atoms with E-state index in [9.17, 15) is 14.4 Å². The first-order valence-electron chi connectivity index (χ1n) is 10.3. The zero-order chi connectivity index (χ0) is 24.8. The summed E-state index contributed by atoms with van der Waals surface area (Å²) in [5.41, 5.74) is 3.38. The Bertz CT molecular complexity index is 1420. The van der Waals surface area contributed by atoms with Gasteiger partial charge in [0.15, 0.2) is 0 Å². The van der Waals surface area contributed by atoms with Crippen molar-refractivity contribution in [2.24, 2.45) is 5.10 Å². The summed E-state index contributed by atoms with van der Waals surface area (Å²) >= 11 is 13.4. The lowest BCUT2D eigenvalue weighted by molar-refractivity contribution is -0.120. The summed E-state index contributed by atoms with van der Waals surface area (Å²) in [6.45, 7) is -0.242. The van der Waals surface area contributed by atoms with Crippen molar-refractivity contribution >= 4 is 68.6 Å².